The van der Waals surface area contributed by atoms with Gasteiger partial charge in [0.25, 0.3) is 0 Å². The van der Waals surface area contributed by atoms with Gasteiger partial charge in [-0.3, -0.25) is 4.90 Å². The molecule has 0 unspecified atom stereocenters. The Labute approximate surface area is 203 Å². The van der Waals surface area contributed by atoms with Crippen LogP contribution in [0.15, 0.2) is 48.5 Å². The predicted octanol–water partition coefficient (Wildman–Crippen LogP) is 5.73. The van der Waals surface area contributed by atoms with E-state index in [1.807, 2.05) is 11.0 Å². The molecule has 0 aliphatic heterocycles. The van der Waals surface area contributed by atoms with Crippen molar-refractivity contribution in [2.45, 2.75) is 64.5 Å². The quantitative estimate of drug-likeness (QED) is 0.473. The van der Waals surface area contributed by atoms with Gasteiger partial charge in [-0.25, -0.2) is 9.78 Å². The predicted molar refractivity (Wildman–Crippen MR) is 143 cm³/mol. The van der Waals surface area contributed by atoms with E-state index in [0.717, 1.165) is 66.6 Å². The molecule has 6 heteroatoms. The van der Waals surface area contributed by atoms with Gasteiger partial charge in [-0.05, 0) is 55.7 Å². The van der Waals surface area contributed by atoms with Crippen molar-refractivity contribution in [3.63, 3.8) is 0 Å². The average Bonchev–Trinajstić information content (AvgIpc) is 2.84. The Morgan fingerprint density at radius 1 is 1.00 bits per heavy atom. The molecule has 34 heavy (non-hydrogen) atoms. The molecule has 0 saturated heterocycles. The van der Waals surface area contributed by atoms with Gasteiger partial charge in [0.05, 0.1) is 11.2 Å². The van der Waals surface area contributed by atoms with E-state index in [4.69, 9.17) is 10.7 Å². The lowest BCUT2D eigenvalue weighted by molar-refractivity contribution is 0.248. The minimum atomic E-state index is -0.348. The van der Waals surface area contributed by atoms with Gasteiger partial charge >= 0.3 is 6.03 Å². The zero-order chi connectivity index (χ0) is 24.2. The average molecular weight is 460 g/mol. The van der Waals surface area contributed by atoms with Crippen molar-refractivity contribution in [1.29, 1.82) is 0 Å². The van der Waals surface area contributed by atoms with Crippen LogP contribution in [0.4, 0.5) is 22.0 Å². The molecule has 4 rings (SSSR count). The number of hydrogen-bond donors (Lipinski definition) is 2. The molecule has 3 N–H and O–H groups in total. The molecule has 1 aromatic heterocycles. The topological polar surface area (TPSA) is 74.5 Å². The lowest BCUT2D eigenvalue weighted by atomic mass is 9.89. The maximum atomic E-state index is 12.7. The maximum Gasteiger partial charge on any atom is 0.319 e. The normalized spacial score (nSPS) is 18.0. The van der Waals surface area contributed by atoms with Gasteiger partial charge < -0.3 is 16.0 Å². The molecule has 3 aromatic rings. The number of aromatic nitrogens is 1. The van der Waals surface area contributed by atoms with Crippen molar-refractivity contribution in [1.82, 2.24) is 4.98 Å². The van der Waals surface area contributed by atoms with E-state index in [1.165, 1.54) is 11.1 Å². The number of benzene rings is 2. The second kappa shape index (κ2) is 10.3. The summed E-state index contributed by atoms with van der Waals surface area (Å²) < 4.78 is 0. The highest BCUT2D eigenvalue weighted by Gasteiger charge is 2.31. The molecule has 0 radical (unpaired) electrons. The number of carbonyl (C=O) groups is 1. The summed E-state index contributed by atoms with van der Waals surface area (Å²) in [5.74, 6) is 0.905. The first kappa shape index (κ1) is 23.9. The summed E-state index contributed by atoms with van der Waals surface area (Å²) in [5, 5.41) is 4.82. The number of nitrogens with two attached hydrogens (primary N) is 1. The molecule has 6 nitrogen and oxygen atoms in total. The van der Waals surface area contributed by atoms with Gasteiger partial charge in [-0.2, -0.15) is 0 Å². The monoisotopic (exact) mass is 459 g/mol. The number of para-hydroxylation sites is 2. The Balaban J connectivity index is 1.52. The van der Waals surface area contributed by atoms with Gasteiger partial charge in [0, 0.05) is 43.3 Å². The summed E-state index contributed by atoms with van der Waals surface area (Å²) >= 11 is 0. The minimum absolute atomic E-state index is 0.121. The van der Waals surface area contributed by atoms with E-state index in [-0.39, 0.29) is 12.1 Å². The van der Waals surface area contributed by atoms with Crippen molar-refractivity contribution >= 4 is 34.1 Å². The third-order valence-electron chi connectivity index (χ3n) is 7.03. The minimum Gasteiger partial charge on any atom is -0.377 e. The van der Waals surface area contributed by atoms with Crippen LogP contribution in [0.2, 0.25) is 0 Å². The zero-order valence-electron chi connectivity index (χ0n) is 20.8. The van der Waals surface area contributed by atoms with E-state index < -0.39 is 0 Å². The van der Waals surface area contributed by atoms with Gasteiger partial charge in [-0.1, -0.05) is 50.2 Å². The van der Waals surface area contributed by atoms with E-state index in [2.05, 4.69) is 80.6 Å². The lowest BCUT2D eigenvalue weighted by Crippen LogP contribution is -2.47. The Hall–Kier alpha value is -3.28. The number of rotatable bonds is 7. The van der Waals surface area contributed by atoms with E-state index >= 15 is 0 Å². The summed E-state index contributed by atoms with van der Waals surface area (Å²) in [6.07, 6.45) is 5.52. The number of amides is 2. The number of fused-ring (bicyclic) bond motifs is 1. The standard InChI is InChI=1S/C28H37N5O/c1-5-19-10-9-11-20(6-2)27(19)33(28(29)34)22-16-14-21(15-17-22)30-26-18-25(32(3)4)23-12-7-8-13-24(23)31-26/h7-13,18,21-22H,5-6,14-17H2,1-4H3,(H2,29,34)(H,30,31)/t21-,22+. The molecule has 1 saturated carbocycles. The van der Waals surface area contributed by atoms with Gasteiger partial charge in [0.2, 0.25) is 0 Å². The zero-order valence-corrected chi connectivity index (χ0v) is 20.8. The molecule has 2 amide bonds. The molecule has 2 aromatic carbocycles. The largest absolute Gasteiger partial charge is 0.377 e. The summed E-state index contributed by atoms with van der Waals surface area (Å²) in [4.78, 5) is 21.5. The first-order valence-electron chi connectivity index (χ1n) is 12.5. The molecule has 1 heterocycles. The molecule has 0 atom stereocenters. The van der Waals surface area contributed by atoms with Crippen molar-refractivity contribution in [2.24, 2.45) is 5.73 Å². The molecule has 180 valence electrons. The number of anilines is 3. The fourth-order valence-corrected chi connectivity index (χ4v) is 5.29. The van der Waals surface area contributed by atoms with Crippen LogP contribution < -0.4 is 20.9 Å². The summed E-state index contributed by atoms with van der Waals surface area (Å²) in [7, 11) is 4.13. The van der Waals surface area contributed by atoms with Crippen molar-refractivity contribution < 1.29 is 4.79 Å². The third kappa shape index (κ3) is 4.81. The molecule has 1 aliphatic rings. The van der Waals surface area contributed by atoms with Crippen LogP contribution in [0.1, 0.15) is 50.7 Å². The number of hydrogen-bond acceptors (Lipinski definition) is 4. The number of aryl methyl sites for hydroxylation is 2. The van der Waals surface area contributed by atoms with Crippen molar-refractivity contribution in [2.75, 3.05) is 29.2 Å². The van der Waals surface area contributed by atoms with Crippen LogP contribution in [-0.4, -0.2) is 37.2 Å². The summed E-state index contributed by atoms with van der Waals surface area (Å²) in [6, 6.07) is 16.8. The van der Waals surface area contributed by atoms with Crippen molar-refractivity contribution in [3.05, 3.63) is 59.7 Å². The molecule has 1 fully saturated rings. The third-order valence-corrected chi connectivity index (χ3v) is 7.03. The highest BCUT2D eigenvalue weighted by atomic mass is 16.2. The van der Waals surface area contributed by atoms with Crippen molar-refractivity contribution in [3.8, 4) is 0 Å². The van der Waals surface area contributed by atoms with Gasteiger partial charge in [-0.15, -0.1) is 0 Å². The maximum absolute atomic E-state index is 12.7. The highest BCUT2D eigenvalue weighted by molar-refractivity contribution is 5.94. The van der Waals surface area contributed by atoms with E-state index in [9.17, 15) is 4.79 Å². The number of pyridine rings is 1. The SMILES string of the molecule is CCc1cccc(CC)c1N(C(N)=O)[C@H]1CC[C@@H](Nc2cc(N(C)C)c3ccccc3n2)CC1. The number of primary amides is 1. The molecular weight excluding hydrogens is 422 g/mol. The van der Waals surface area contributed by atoms with Crippen LogP contribution in [-0.2, 0) is 12.8 Å². The van der Waals surface area contributed by atoms with E-state index in [1.54, 1.807) is 0 Å². The second-order valence-electron chi connectivity index (χ2n) is 9.43. The van der Waals surface area contributed by atoms with Gasteiger partial charge in [0.1, 0.15) is 5.82 Å². The number of nitrogens with zero attached hydrogens (tertiary/aromatic N) is 3. The lowest BCUT2D eigenvalue weighted by Gasteiger charge is -2.38. The van der Waals surface area contributed by atoms with E-state index in [0.29, 0.717) is 6.04 Å². The van der Waals surface area contributed by atoms with Gasteiger partial charge in [0.15, 0.2) is 0 Å². The number of urea groups is 1. The number of carbonyl (C=O) groups excluding carboxylic acids is 1. The molecule has 0 spiro atoms. The second-order valence-corrected chi connectivity index (χ2v) is 9.43. The Bertz CT molecular complexity index is 1130. The van der Waals surface area contributed by atoms with Crippen LogP contribution in [0.5, 0.6) is 0 Å². The Kier molecular flexibility index (Phi) is 7.25. The molecule has 0 bridgehead atoms. The highest BCUT2D eigenvalue weighted by Crippen LogP contribution is 2.34. The summed E-state index contributed by atoms with van der Waals surface area (Å²) in [6.45, 7) is 4.27. The fraction of sp³-hybridized carbons (Fsp3) is 0.429. The first-order valence-corrected chi connectivity index (χ1v) is 12.5. The number of nitrogens with one attached hydrogen (secondary N) is 1. The summed E-state index contributed by atoms with van der Waals surface area (Å²) in [5.41, 5.74) is 11.5. The van der Waals surface area contributed by atoms with Crippen LogP contribution in [0, 0.1) is 0 Å². The molecular formula is C28H37N5O. The Morgan fingerprint density at radius 2 is 1.65 bits per heavy atom. The fourth-order valence-electron chi connectivity index (χ4n) is 5.29. The molecule has 1 aliphatic carbocycles. The first-order chi connectivity index (χ1) is 16.4. The van der Waals surface area contributed by atoms with Crippen LogP contribution >= 0.6 is 0 Å². The van der Waals surface area contributed by atoms with Crippen LogP contribution in [0.25, 0.3) is 10.9 Å². The Morgan fingerprint density at radius 3 is 2.24 bits per heavy atom. The van der Waals surface area contributed by atoms with Crippen LogP contribution in [0.3, 0.4) is 0 Å². The smallest absolute Gasteiger partial charge is 0.319 e.